The molecule has 0 saturated carbocycles. The molecule has 0 aliphatic carbocycles. The van der Waals surface area contributed by atoms with Crippen molar-refractivity contribution in [3.63, 3.8) is 0 Å². The molecular formula is C22H22ClFN2O5. The lowest BCUT2D eigenvalue weighted by Gasteiger charge is -2.40. The standard InChI is InChI=1S/C22H22ClFN2O5/c1-22-7-2-3-8-31-15(22)11-26-10-13(18(27)19(28)17(26)20(22)29)21(30)25-9-12-5-4-6-14(23)16(12)24/h4-6,10,15,28H,2-3,7-9,11H2,1H3,(H,25,30). The fourth-order valence-electron chi connectivity index (χ4n) is 4.28. The van der Waals surface area contributed by atoms with E-state index in [2.05, 4.69) is 5.32 Å². The largest absolute Gasteiger partial charge is 0.503 e. The Hall–Kier alpha value is -2.71. The van der Waals surface area contributed by atoms with E-state index in [4.69, 9.17) is 16.3 Å². The molecule has 31 heavy (non-hydrogen) atoms. The highest BCUT2D eigenvalue weighted by Gasteiger charge is 2.49. The van der Waals surface area contributed by atoms with Gasteiger partial charge >= 0.3 is 0 Å². The Balaban J connectivity index is 1.66. The van der Waals surface area contributed by atoms with Gasteiger partial charge in [-0.15, -0.1) is 0 Å². The van der Waals surface area contributed by atoms with E-state index in [0.29, 0.717) is 13.0 Å². The Morgan fingerprint density at radius 1 is 1.39 bits per heavy atom. The van der Waals surface area contributed by atoms with Gasteiger partial charge in [0.15, 0.2) is 11.5 Å². The Kier molecular flexibility index (Phi) is 5.61. The van der Waals surface area contributed by atoms with E-state index < -0.39 is 34.4 Å². The highest BCUT2D eigenvalue weighted by Crippen LogP contribution is 2.42. The molecule has 4 rings (SSSR count). The molecule has 2 aliphatic heterocycles. The number of aromatic hydroxyl groups is 1. The summed E-state index contributed by atoms with van der Waals surface area (Å²) in [5.41, 5.74) is -2.07. The molecule has 7 nitrogen and oxygen atoms in total. The van der Waals surface area contributed by atoms with Crippen LogP contribution in [0.2, 0.25) is 5.02 Å². The van der Waals surface area contributed by atoms with Gasteiger partial charge in [0.05, 0.1) is 23.1 Å². The SMILES string of the molecule is CC12CCCCOC1Cn1cc(C(=O)NCc3cccc(Cl)c3F)c(=O)c(O)c1C2=O. The van der Waals surface area contributed by atoms with Crippen molar-refractivity contribution >= 4 is 23.3 Å². The molecule has 0 radical (unpaired) electrons. The van der Waals surface area contributed by atoms with E-state index in [1.807, 2.05) is 0 Å². The number of amides is 1. The van der Waals surface area contributed by atoms with Gasteiger partial charge in [-0.3, -0.25) is 14.4 Å². The lowest BCUT2D eigenvalue weighted by atomic mass is 9.72. The first-order chi connectivity index (χ1) is 14.7. The number of ether oxygens (including phenoxy) is 1. The van der Waals surface area contributed by atoms with Crippen LogP contribution in [-0.2, 0) is 17.8 Å². The summed E-state index contributed by atoms with van der Waals surface area (Å²) in [6, 6.07) is 4.39. The summed E-state index contributed by atoms with van der Waals surface area (Å²) in [4.78, 5) is 38.5. The molecule has 2 aliphatic rings. The molecule has 2 aromatic rings. The number of carbonyl (C=O) groups is 2. The molecule has 2 unspecified atom stereocenters. The number of aromatic nitrogens is 1. The minimum atomic E-state index is -0.944. The zero-order chi connectivity index (χ0) is 22.3. The lowest BCUT2D eigenvalue weighted by Crippen LogP contribution is -2.49. The van der Waals surface area contributed by atoms with Crippen LogP contribution in [0.15, 0.2) is 29.2 Å². The van der Waals surface area contributed by atoms with Crippen molar-refractivity contribution in [2.45, 2.75) is 45.4 Å². The van der Waals surface area contributed by atoms with Gasteiger partial charge in [0.25, 0.3) is 5.91 Å². The van der Waals surface area contributed by atoms with Crippen molar-refractivity contribution in [1.29, 1.82) is 0 Å². The number of hydrogen-bond acceptors (Lipinski definition) is 5. The van der Waals surface area contributed by atoms with E-state index in [-0.39, 0.29) is 40.7 Å². The van der Waals surface area contributed by atoms with Crippen molar-refractivity contribution in [2.75, 3.05) is 6.61 Å². The van der Waals surface area contributed by atoms with Gasteiger partial charge < -0.3 is 19.7 Å². The number of carbonyl (C=O) groups excluding carboxylic acids is 2. The second-order valence-corrected chi connectivity index (χ2v) is 8.59. The van der Waals surface area contributed by atoms with Crippen molar-refractivity contribution in [3.05, 3.63) is 62.3 Å². The number of ketones is 1. The smallest absolute Gasteiger partial charge is 0.257 e. The topological polar surface area (TPSA) is 97.6 Å². The van der Waals surface area contributed by atoms with E-state index in [9.17, 15) is 23.9 Å². The number of pyridine rings is 1. The van der Waals surface area contributed by atoms with Gasteiger partial charge in [-0.2, -0.15) is 0 Å². The van der Waals surface area contributed by atoms with Gasteiger partial charge in [0.2, 0.25) is 5.43 Å². The fraction of sp³-hybridized carbons (Fsp3) is 0.409. The van der Waals surface area contributed by atoms with Crippen LogP contribution in [0.5, 0.6) is 5.75 Å². The van der Waals surface area contributed by atoms with Crippen LogP contribution in [0.4, 0.5) is 4.39 Å². The number of rotatable bonds is 3. The van der Waals surface area contributed by atoms with E-state index in [1.165, 1.54) is 22.9 Å². The second kappa shape index (κ2) is 8.09. The predicted molar refractivity (Wildman–Crippen MR) is 111 cm³/mol. The summed E-state index contributed by atoms with van der Waals surface area (Å²) in [6.07, 6.45) is 3.06. The van der Waals surface area contributed by atoms with Gasteiger partial charge in [-0.1, -0.05) is 30.2 Å². The van der Waals surface area contributed by atoms with Crippen LogP contribution >= 0.6 is 11.6 Å². The van der Waals surface area contributed by atoms with Crippen LogP contribution in [0.3, 0.4) is 0 Å². The Morgan fingerprint density at radius 2 is 2.16 bits per heavy atom. The first kappa shape index (κ1) is 21.5. The zero-order valence-corrected chi connectivity index (χ0v) is 17.7. The maximum atomic E-state index is 14.1. The Morgan fingerprint density at radius 3 is 2.94 bits per heavy atom. The van der Waals surface area contributed by atoms with E-state index >= 15 is 0 Å². The van der Waals surface area contributed by atoms with Crippen molar-refractivity contribution < 1.29 is 23.8 Å². The third-order valence-electron chi connectivity index (χ3n) is 6.19. The quantitative estimate of drug-likeness (QED) is 0.752. The number of halogens is 2. The van der Waals surface area contributed by atoms with Gasteiger partial charge in [-0.25, -0.2) is 4.39 Å². The highest BCUT2D eigenvalue weighted by atomic mass is 35.5. The summed E-state index contributed by atoms with van der Waals surface area (Å²) in [5.74, 6) is -2.58. The van der Waals surface area contributed by atoms with Crippen LogP contribution in [0, 0.1) is 11.2 Å². The molecule has 2 atom stereocenters. The number of fused-ring (bicyclic) bond motifs is 2. The van der Waals surface area contributed by atoms with E-state index in [0.717, 1.165) is 12.8 Å². The van der Waals surface area contributed by atoms with Gasteiger partial charge in [0.1, 0.15) is 17.1 Å². The molecule has 1 saturated heterocycles. The molecule has 3 heterocycles. The van der Waals surface area contributed by atoms with Gasteiger partial charge in [-0.05, 0) is 25.8 Å². The van der Waals surface area contributed by atoms with Crippen LogP contribution < -0.4 is 10.7 Å². The second-order valence-electron chi connectivity index (χ2n) is 8.18. The number of nitrogens with zero attached hydrogens (tertiary/aromatic N) is 1. The zero-order valence-electron chi connectivity index (χ0n) is 16.9. The van der Waals surface area contributed by atoms with Crippen LogP contribution in [-0.4, -0.2) is 34.1 Å². The first-order valence-electron chi connectivity index (χ1n) is 10.1. The summed E-state index contributed by atoms with van der Waals surface area (Å²) >= 11 is 5.75. The van der Waals surface area contributed by atoms with E-state index in [1.54, 1.807) is 13.0 Å². The summed E-state index contributed by atoms with van der Waals surface area (Å²) < 4.78 is 21.3. The molecule has 1 fully saturated rings. The third-order valence-corrected chi connectivity index (χ3v) is 6.48. The van der Waals surface area contributed by atoms with Crippen molar-refractivity contribution in [3.8, 4) is 5.75 Å². The molecule has 9 heteroatoms. The molecule has 1 aromatic heterocycles. The monoisotopic (exact) mass is 448 g/mol. The van der Waals surface area contributed by atoms with Gasteiger partial charge in [0, 0.05) is 24.9 Å². The van der Waals surface area contributed by atoms with Crippen LogP contribution in [0.25, 0.3) is 0 Å². The van der Waals surface area contributed by atoms with Crippen molar-refractivity contribution in [1.82, 2.24) is 9.88 Å². The number of benzene rings is 1. The number of nitrogens with one attached hydrogen (secondary N) is 1. The number of hydrogen-bond donors (Lipinski definition) is 2. The summed E-state index contributed by atoms with van der Waals surface area (Å²) in [5, 5.41) is 12.9. The highest BCUT2D eigenvalue weighted by molar-refractivity contribution is 6.30. The molecule has 0 bridgehead atoms. The molecular weight excluding hydrogens is 427 g/mol. The fourth-order valence-corrected chi connectivity index (χ4v) is 4.47. The maximum Gasteiger partial charge on any atom is 0.257 e. The normalized spacial score (nSPS) is 22.9. The minimum absolute atomic E-state index is 0.0804. The molecule has 2 N–H and O–H groups in total. The average Bonchev–Trinajstić information content (AvgIpc) is 2.93. The molecule has 0 spiro atoms. The maximum absolute atomic E-state index is 14.1. The van der Waals surface area contributed by atoms with Crippen molar-refractivity contribution in [2.24, 2.45) is 5.41 Å². The Bertz CT molecular complexity index is 1130. The summed E-state index contributed by atoms with van der Waals surface area (Å²) in [7, 11) is 0. The molecule has 1 amide bonds. The summed E-state index contributed by atoms with van der Waals surface area (Å²) in [6.45, 7) is 2.34. The lowest BCUT2D eigenvalue weighted by molar-refractivity contribution is -0.0284. The average molecular weight is 449 g/mol. The molecule has 1 aromatic carbocycles. The third kappa shape index (κ3) is 3.64. The molecule has 164 valence electrons. The number of Topliss-reactive ketones (excluding diaryl/α,β-unsaturated/α-hetero) is 1. The predicted octanol–water partition coefficient (Wildman–Crippen LogP) is 3.05. The first-order valence-corrected chi connectivity index (χ1v) is 10.5. The van der Waals surface area contributed by atoms with Crippen LogP contribution in [0.1, 0.15) is 52.6 Å². The minimum Gasteiger partial charge on any atom is -0.503 e. The Labute approximate surface area is 182 Å².